The van der Waals surface area contributed by atoms with Gasteiger partial charge < -0.3 is 10.6 Å². The lowest BCUT2D eigenvalue weighted by Gasteiger charge is -2.10. The van der Waals surface area contributed by atoms with Gasteiger partial charge in [0.15, 0.2) is 34.2 Å². The van der Waals surface area contributed by atoms with Crippen molar-refractivity contribution in [1.82, 2.24) is 9.78 Å². The number of benzene rings is 2. The minimum absolute atomic E-state index is 0.149. The van der Waals surface area contributed by atoms with Crippen LogP contribution < -0.4 is 10.6 Å². The van der Waals surface area contributed by atoms with E-state index >= 15 is 0 Å². The summed E-state index contributed by atoms with van der Waals surface area (Å²) in [5.41, 5.74) is -0.241. The van der Waals surface area contributed by atoms with Crippen molar-refractivity contribution >= 4 is 52.0 Å². The Morgan fingerprint density at radius 1 is 0.964 bits per heavy atom. The van der Waals surface area contributed by atoms with Crippen molar-refractivity contribution < 1.29 is 17.6 Å². The lowest BCUT2D eigenvalue weighted by molar-refractivity contribution is 0.431. The zero-order valence-corrected chi connectivity index (χ0v) is 16.1. The summed E-state index contributed by atoms with van der Waals surface area (Å²) in [7, 11) is 0. The van der Waals surface area contributed by atoms with E-state index in [-0.39, 0.29) is 17.0 Å². The fraction of sp³-hybridized carbons (Fsp3) is 0.0588. The molecule has 0 aliphatic rings. The molecule has 0 amide bonds. The molecule has 2 N–H and O–H groups in total. The van der Waals surface area contributed by atoms with Gasteiger partial charge in [0, 0.05) is 34.1 Å². The zero-order chi connectivity index (χ0) is 20.4. The second-order valence-corrected chi connectivity index (χ2v) is 6.86. The largest absolute Gasteiger partial charge is 0.332 e. The predicted molar refractivity (Wildman–Crippen MR) is 104 cm³/mol. The van der Waals surface area contributed by atoms with E-state index in [2.05, 4.69) is 15.7 Å². The number of aromatic nitrogens is 2. The van der Waals surface area contributed by atoms with Crippen molar-refractivity contribution in [1.29, 1.82) is 0 Å². The van der Waals surface area contributed by atoms with Crippen molar-refractivity contribution in [2.45, 2.75) is 6.54 Å². The summed E-state index contributed by atoms with van der Waals surface area (Å²) < 4.78 is 55.2. The number of anilines is 2. The molecule has 146 valence electrons. The third-order valence-corrected chi connectivity index (χ3v) is 4.17. The molecule has 0 unspecified atom stereocenters. The Labute approximate surface area is 172 Å². The first-order chi connectivity index (χ1) is 13.2. The van der Waals surface area contributed by atoms with Crippen LogP contribution in [-0.2, 0) is 6.54 Å². The van der Waals surface area contributed by atoms with Crippen molar-refractivity contribution in [2.24, 2.45) is 0 Å². The molecule has 3 aromatic rings. The van der Waals surface area contributed by atoms with E-state index in [1.54, 1.807) is 18.2 Å². The Kier molecular flexibility index (Phi) is 6.07. The molecule has 0 radical (unpaired) electrons. The Balaban J connectivity index is 1.70. The highest BCUT2D eigenvalue weighted by atomic mass is 35.5. The van der Waals surface area contributed by atoms with Crippen LogP contribution in [0.15, 0.2) is 36.5 Å². The minimum Gasteiger partial charge on any atom is -0.332 e. The van der Waals surface area contributed by atoms with Crippen molar-refractivity contribution in [2.75, 3.05) is 10.6 Å². The average molecular weight is 449 g/mol. The topological polar surface area (TPSA) is 41.9 Å². The summed E-state index contributed by atoms with van der Waals surface area (Å²) in [5.74, 6) is -5.67. The lowest BCUT2D eigenvalue weighted by atomic mass is 10.2. The Hall–Kier alpha value is -2.36. The van der Waals surface area contributed by atoms with Crippen LogP contribution in [0.4, 0.5) is 29.1 Å². The van der Waals surface area contributed by atoms with E-state index in [0.717, 1.165) is 4.68 Å². The smallest absolute Gasteiger partial charge is 0.176 e. The normalized spacial score (nSPS) is 10.8. The maximum absolute atomic E-state index is 13.8. The molecule has 0 bridgehead atoms. The summed E-state index contributed by atoms with van der Waals surface area (Å²) in [6, 6.07) is 6.37. The van der Waals surface area contributed by atoms with Crippen LogP contribution in [-0.4, -0.2) is 14.9 Å². The quantitative estimate of drug-likeness (QED) is 0.309. The molecule has 0 saturated carbocycles. The molecule has 1 heterocycles. The number of thiocarbonyl (C=S) groups is 1. The van der Waals surface area contributed by atoms with E-state index in [9.17, 15) is 17.6 Å². The van der Waals surface area contributed by atoms with E-state index < -0.39 is 35.4 Å². The van der Waals surface area contributed by atoms with Gasteiger partial charge in [-0.1, -0.05) is 23.2 Å². The van der Waals surface area contributed by atoms with Gasteiger partial charge in [0.1, 0.15) is 0 Å². The summed E-state index contributed by atoms with van der Waals surface area (Å²) >= 11 is 16.9. The number of halogens is 6. The highest BCUT2D eigenvalue weighted by molar-refractivity contribution is 7.80. The van der Waals surface area contributed by atoms with Crippen LogP contribution in [0.5, 0.6) is 0 Å². The van der Waals surface area contributed by atoms with Gasteiger partial charge >= 0.3 is 0 Å². The van der Waals surface area contributed by atoms with Crippen LogP contribution in [0.2, 0.25) is 10.0 Å². The maximum Gasteiger partial charge on any atom is 0.176 e. The standard InChI is InChI=1S/C17H10Cl2F4N4S/c18-8-3-9(19)5-10(4-8)24-17(28)25-14-1-2-27(26-14)7-11-15(22)12(20)6-13(21)16(11)23/h1-6H,7H2,(H2,24,25,26,28). The Morgan fingerprint density at radius 3 is 2.18 bits per heavy atom. The molecule has 11 heteroatoms. The predicted octanol–water partition coefficient (Wildman–Crippen LogP) is 5.60. The second-order valence-electron chi connectivity index (χ2n) is 5.58. The van der Waals surface area contributed by atoms with Crippen molar-refractivity contribution in [3.63, 3.8) is 0 Å². The van der Waals surface area contributed by atoms with Gasteiger partial charge in [-0.25, -0.2) is 17.6 Å². The number of hydrogen-bond acceptors (Lipinski definition) is 2. The van der Waals surface area contributed by atoms with Crippen molar-refractivity contribution in [3.05, 3.63) is 75.4 Å². The third-order valence-electron chi connectivity index (χ3n) is 3.53. The monoisotopic (exact) mass is 448 g/mol. The minimum atomic E-state index is -1.48. The SMILES string of the molecule is Fc1cc(F)c(F)c(Cn2ccc(NC(=S)Nc3cc(Cl)cc(Cl)c3)n2)c1F. The number of nitrogens with one attached hydrogen (secondary N) is 2. The number of nitrogens with zero attached hydrogens (tertiary/aromatic N) is 2. The molecule has 0 aliphatic heterocycles. The highest BCUT2D eigenvalue weighted by Crippen LogP contribution is 2.23. The van der Waals surface area contributed by atoms with Crippen molar-refractivity contribution in [3.8, 4) is 0 Å². The van der Waals surface area contributed by atoms with Crippen LogP contribution in [0, 0.1) is 23.3 Å². The molecular weight excluding hydrogens is 439 g/mol. The molecule has 0 fully saturated rings. The van der Waals surface area contributed by atoms with E-state index in [1.807, 2.05) is 0 Å². The Morgan fingerprint density at radius 2 is 1.57 bits per heavy atom. The first-order valence-corrected chi connectivity index (χ1v) is 8.79. The fourth-order valence-electron chi connectivity index (χ4n) is 2.34. The molecule has 4 nitrogen and oxygen atoms in total. The molecule has 0 aliphatic carbocycles. The summed E-state index contributed by atoms with van der Waals surface area (Å²) in [6.45, 7) is -0.516. The van der Waals surface area contributed by atoms with Gasteiger partial charge in [-0.3, -0.25) is 4.68 Å². The average Bonchev–Trinajstić information content (AvgIpc) is 3.03. The summed E-state index contributed by atoms with van der Waals surface area (Å²) in [5, 5.41) is 10.6. The number of rotatable bonds is 4. The van der Waals surface area contributed by atoms with Gasteiger partial charge in [0.2, 0.25) is 0 Å². The van der Waals surface area contributed by atoms with E-state index in [4.69, 9.17) is 35.4 Å². The molecule has 2 aromatic carbocycles. The number of hydrogen-bond donors (Lipinski definition) is 2. The molecule has 0 spiro atoms. The van der Waals surface area contributed by atoms with E-state index in [0.29, 0.717) is 15.7 Å². The molecule has 1 aromatic heterocycles. The van der Waals surface area contributed by atoms with Gasteiger partial charge in [0.25, 0.3) is 0 Å². The van der Waals surface area contributed by atoms with E-state index in [1.165, 1.54) is 12.3 Å². The molecule has 0 atom stereocenters. The molecular formula is C17H10Cl2F4N4S. The van der Waals surface area contributed by atoms with Crippen LogP contribution in [0.25, 0.3) is 0 Å². The van der Waals surface area contributed by atoms with Crippen LogP contribution in [0.3, 0.4) is 0 Å². The molecule has 0 saturated heterocycles. The molecule has 28 heavy (non-hydrogen) atoms. The second kappa shape index (κ2) is 8.34. The highest BCUT2D eigenvalue weighted by Gasteiger charge is 2.19. The first-order valence-electron chi connectivity index (χ1n) is 7.62. The molecule has 3 rings (SSSR count). The summed E-state index contributed by atoms with van der Waals surface area (Å²) in [4.78, 5) is 0. The van der Waals surface area contributed by atoms with Gasteiger partial charge in [-0.05, 0) is 30.4 Å². The van der Waals surface area contributed by atoms with Crippen LogP contribution in [0.1, 0.15) is 5.56 Å². The Bertz CT molecular complexity index is 1010. The van der Waals surface area contributed by atoms with Gasteiger partial charge in [-0.2, -0.15) is 5.10 Å². The summed E-state index contributed by atoms with van der Waals surface area (Å²) in [6.07, 6.45) is 1.36. The van der Waals surface area contributed by atoms with Crippen LogP contribution >= 0.6 is 35.4 Å². The maximum atomic E-state index is 13.8. The van der Waals surface area contributed by atoms with Gasteiger partial charge in [0.05, 0.1) is 12.1 Å². The lowest BCUT2D eigenvalue weighted by Crippen LogP contribution is -2.19. The third kappa shape index (κ3) is 4.73. The first kappa shape index (κ1) is 20.4. The zero-order valence-electron chi connectivity index (χ0n) is 13.7. The van der Waals surface area contributed by atoms with Gasteiger partial charge in [-0.15, -0.1) is 0 Å². The fourth-order valence-corrected chi connectivity index (χ4v) is 3.09.